The van der Waals surface area contributed by atoms with E-state index < -0.39 is 0 Å². The Hall–Kier alpha value is -2.26. The number of rotatable bonds is 6. The maximum absolute atomic E-state index is 13.5. The Balaban J connectivity index is 0.00000132. The molecule has 4 rings (SSSR count). The maximum atomic E-state index is 13.5. The van der Waals surface area contributed by atoms with Crippen LogP contribution in [0.1, 0.15) is 68.4 Å². The van der Waals surface area contributed by atoms with Gasteiger partial charge in [-0.1, -0.05) is 76.1 Å². The van der Waals surface area contributed by atoms with Crippen molar-refractivity contribution in [1.82, 2.24) is 10.2 Å². The van der Waals surface area contributed by atoms with Crippen LogP contribution in [-0.2, 0) is 12.8 Å². The lowest BCUT2D eigenvalue weighted by molar-refractivity contribution is 0.0644. The first-order valence-corrected chi connectivity index (χ1v) is 12.2. The normalized spacial score (nSPS) is 18.6. The molecule has 0 saturated carbocycles. The summed E-state index contributed by atoms with van der Waals surface area (Å²) in [4.78, 5) is 15.6. The number of halogens is 1. The predicted octanol–water partition coefficient (Wildman–Crippen LogP) is 6.59. The van der Waals surface area contributed by atoms with Crippen molar-refractivity contribution < 1.29 is 4.79 Å². The van der Waals surface area contributed by atoms with Crippen LogP contribution in [0.25, 0.3) is 10.8 Å². The molecule has 1 N–H and O–H groups in total. The second-order valence-electron chi connectivity index (χ2n) is 8.03. The summed E-state index contributed by atoms with van der Waals surface area (Å²) in [5, 5.41) is 5.62. The van der Waals surface area contributed by atoms with Crippen LogP contribution in [0.3, 0.4) is 0 Å². The highest BCUT2D eigenvalue weighted by atomic mass is 35.5. The number of alkyl halides is 1. The summed E-state index contributed by atoms with van der Waals surface area (Å²) < 4.78 is 0. The smallest absolute Gasteiger partial charge is 0.254 e. The second kappa shape index (κ2) is 10.9. The summed E-state index contributed by atoms with van der Waals surface area (Å²) in [5.74, 6) is 0.200. The first kappa shape index (κ1) is 23.4. The number of dihydropyridines is 1. The highest BCUT2D eigenvalue weighted by Gasteiger charge is 2.30. The van der Waals surface area contributed by atoms with Gasteiger partial charge in [0.1, 0.15) is 5.50 Å². The Morgan fingerprint density at radius 1 is 1.19 bits per heavy atom. The molecule has 0 saturated heterocycles. The van der Waals surface area contributed by atoms with Gasteiger partial charge < -0.3 is 10.2 Å². The minimum absolute atomic E-state index is 0.154. The summed E-state index contributed by atoms with van der Waals surface area (Å²) in [7, 11) is 0. The molecule has 3 nitrogen and oxygen atoms in total. The van der Waals surface area contributed by atoms with Crippen LogP contribution in [0.15, 0.2) is 54.3 Å². The molecule has 2 heterocycles. The largest absolute Gasteiger partial charge is 0.372 e. The van der Waals surface area contributed by atoms with Crippen molar-refractivity contribution in [3.63, 3.8) is 0 Å². The van der Waals surface area contributed by atoms with Gasteiger partial charge in [0.2, 0.25) is 0 Å². The van der Waals surface area contributed by atoms with Gasteiger partial charge in [-0.25, -0.2) is 0 Å². The molecule has 4 heteroatoms. The third-order valence-electron chi connectivity index (χ3n) is 6.17. The van der Waals surface area contributed by atoms with Crippen molar-refractivity contribution in [3.8, 4) is 0 Å². The minimum Gasteiger partial charge on any atom is -0.372 e. The molecule has 2 aliphatic rings. The van der Waals surface area contributed by atoms with Crippen LogP contribution in [0.2, 0.25) is 0 Å². The first-order chi connectivity index (χ1) is 15.1. The van der Waals surface area contributed by atoms with E-state index in [1.54, 1.807) is 0 Å². The molecule has 2 aromatic carbocycles. The van der Waals surface area contributed by atoms with Gasteiger partial charge in [-0.05, 0) is 65.3 Å². The lowest BCUT2D eigenvalue weighted by atomic mass is 9.87. The number of carbonyl (C=O) groups excluding carboxylic acids is 1. The fourth-order valence-electron chi connectivity index (χ4n) is 4.70. The van der Waals surface area contributed by atoms with Crippen LogP contribution >= 0.6 is 11.6 Å². The molecule has 2 aliphatic heterocycles. The Morgan fingerprint density at radius 2 is 1.94 bits per heavy atom. The van der Waals surface area contributed by atoms with Crippen LogP contribution in [0.5, 0.6) is 0 Å². The van der Waals surface area contributed by atoms with E-state index in [2.05, 4.69) is 60.5 Å². The molecular formula is C27H35ClN2O. The SMILES string of the molecule is CC.CCCC(CC)N1CCc2c(cc(CC3=CNC(Cl)C=C3)c3ccccc23)C1=O. The van der Waals surface area contributed by atoms with E-state index in [9.17, 15) is 4.79 Å². The maximum Gasteiger partial charge on any atom is 0.254 e. The fourth-order valence-corrected chi connectivity index (χ4v) is 4.83. The molecule has 0 aromatic heterocycles. The number of allylic oxidation sites excluding steroid dienone is 2. The highest BCUT2D eigenvalue weighted by Crippen LogP contribution is 2.33. The number of nitrogens with zero attached hydrogens (tertiary/aromatic N) is 1. The van der Waals surface area contributed by atoms with Crippen molar-refractivity contribution in [1.29, 1.82) is 0 Å². The van der Waals surface area contributed by atoms with Crippen molar-refractivity contribution >= 4 is 28.3 Å². The molecule has 2 atom stereocenters. The number of carbonyl (C=O) groups is 1. The summed E-state index contributed by atoms with van der Waals surface area (Å²) >= 11 is 6.09. The molecule has 0 spiro atoms. The van der Waals surface area contributed by atoms with Crippen LogP contribution < -0.4 is 5.32 Å². The van der Waals surface area contributed by atoms with E-state index in [1.165, 1.54) is 27.5 Å². The van der Waals surface area contributed by atoms with E-state index in [4.69, 9.17) is 11.6 Å². The zero-order valence-electron chi connectivity index (χ0n) is 19.2. The highest BCUT2D eigenvalue weighted by molar-refractivity contribution is 6.21. The van der Waals surface area contributed by atoms with Gasteiger partial charge in [-0.3, -0.25) is 4.79 Å². The number of hydrogen-bond acceptors (Lipinski definition) is 2. The molecule has 166 valence electrons. The topological polar surface area (TPSA) is 32.3 Å². The van der Waals surface area contributed by atoms with Crippen LogP contribution in [-0.4, -0.2) is 28.9 Å². The molecule has 1 amide bonds. The zero-order chi connectivity index (χ0) is 22.4. The Morgan fingerprint density at radius 3 is 2.58 bits per heavy atom. The quantitative estimate of drug-likeness (QED) is 0.407. The number of nitrogens with one attached hydrogen (secondary N) is 1. The molecular weight excluding hydrogens is 404 g/mol. The van der Waals surface area contributed by atoms with E-state index in [-0.39, 0.29) is 11.4 Å². The van der Waals surface area contributed by atoms with Crippen molar-refractivity contribution in [2.24, 2.45) is 0 Å². The average Bonchev–Trinajstić information content (AvgIpc) is 2.81. The minimum atomic E-state index is -0.154. The monoisotopic (exact) mass is 438 g/mol. The van der Waals surface area contributed by atoms with Gasteiger partial charge in [-0.2, -0.15) is 0 Å². The third-order valence-corrected chi connectivity index (χ3v) is 6.44. The summed E-state index contributed by atoms with van der Waals surface area (Å²) in [5.41, 5.74) is 4.32. The summed E-state index contributed by atoms with van der Waals surface area (Å²) in [6.07, 6.45) is 10.9. The number of fused-ring (bicyclic) bond motifs is 3. The summed E-state index contributed by atoms with van der Waals surface area (Å²) in [6, 6.07) is 11.0. The average molecular weight is 439 g/mol. The molecule has 31 heavy (non-hydrogen) atoms. The van der Waals surface area contributed by atoms with E-state index in [0.29, 0.717) is 6.04 Å². The second-order valence-corrected chi connectivity index (χ2v) is 8.50. The lowest BCUT2D eigenvalue weighted by Crippen LogP contribution is -2.44. The standard InChI is InChI=1S/C25H29ClN2O.C2H6/c1-3-7-19(4-2)28-13-12-22-21-9-6-5-8-20(21)18(15-23(22)25(28)29)14-17-10-11-24(26)27-16-17;1-2/h5-6,8-11,15-16,19,24,27H,3-4,7,12-14H2,1-2H3;1-2H3. The van der Waals surface area contributed by atoms with Crippen LogP contribution in [0.4, 0.5) is 0 Å². The number of amides is 1. The fraction of sp³-hybridized carbons (Fsp3) is 0.444. The summed E-state index contributed by atoms with van der Waals surface area (Å²) in [6.45, 7) is 9.21. The molecule has 0 fully saturated rings. The number of benzene rings is 2. The Labute approximate surface area is 192 Å². The molecule has 0 radical (unpaired) electrons. The van der Waals surface area contributed by atoms with E-state index in [1.807, 2.05) is 26.1 Å². The van der Waals surface area contributed by atoms with E-state index >= 15 is 0 Å². The van der Waals surface area contributed by atoms with E-state index in [0.717, 1.165) is 44.2 Å². The van der Waals surface area contributed by atoms with Crippen molar-refractivity contribution in [2.45, 2.75) is 71.3 Å². The van der Waals surface area contributed by atoms with Crippen molar-refractivity contribution in [3.05, 3.63) is 70.9 Å². The lowest BCUT2D eigenvalue weighted by Gasteiger charge is -2.36. The molecule has 2 unspecified atom stereocenters. The van der Waals surface area contributed by atoms with Gasteiger partial charge in [0.05, 0.1) is 0 Å². The molecule has 0 aliphatic carbocycles. The van der Waals surface area contributed by atoms with Gasteiger partial charge in [0, 0.05) is 24.4 Å². The first-order valence-electron chi connectivity index (χ1n) is 11.7. The van der Waals surface area contributed by atoms with Gasteiger partial charge in [0.25, 0.3) is 5.91 Å². The van der Waals surface area contributed by atoms with Crippen molar-refractivity contribution in [2.75, 3.05) is 6.54 Å². The van der Waals surface area contributed by atoms with Gasteiger partial charge >= 0.3 is 0 Å². The Bertz CT molecular complexity index is 979. The van der Waals surface area contributed by atoms with Crippen LogP contribution in [0, 0.1) is 0 Å². The Kier molecular flexibility index (Phi) is 8.20. The van der Waals surface area contributed by atoms with Gasteiger partial charge in [0.15, 0.2) is 0 Å². The predicted molar refractivity (Wildman–Crippen MR) is 133 cm³/mol. The molecule has 2 aromatic rings. The van der Waals surface area contributed by atoms with Gasteiger partial charge in [-0.15, -0.1) is 0 Å². The zero-order valence-corrected chi connectivity index (χ0v) is 20.0. The molecule has 0 bridgehead atoms. The number of hydrogen-bond donors (Lipinski definition) is 1. The third kappa shape index (κ3) is 4.98.